The molecule has 1 fully saturated rings. The van der Waals surface area contributed by atoms with Crippen molar-refractivity contribution in [1.82, 2.24) is 19.9 Å². The van der Waals surface area contributed by atoms with Crippen molar-refractivity contribution in [1.29, 1.82) is 0 Å². The summed E-state index contributed by atoms with van der Waals surface area (Å²) in [6, 6.07) is 1.33. The SMILES string of the molecule is CC[C@]1(C(=O)O)CCCC[C@@H]1Nc1nc(-c2c[nH]c3ncc(Cl)cc23)ncc1F. The molecule has 1 aliphatic rings. The molecule has 152 valence electrons. The van der Waals surface area contributed by atoms with Crippen LogP contribution < -0.4 is 5.32 Å². The van der Waals surface area contributed by atoms with E-state index in [2.05, 4.69) is 25.3 Å². The van der Waals surface area contributed by atoms with Crippen LogP contribution in [-0.4, -0.2) is 37.1 Å². The molecule has 3 aromatic heterocycles. The Labute approximate surface area is 171 Å². The van der Waals surface area contributed by atoms with Crippen LogP contribution in [0.15, 0.2) is 24.7 Å². The first kappa shape index (κ1) is 19.6. The van der Waals surface area contributed by atoms with E-state index in [1.54, 1.807) is 12.3 Å². The number of anilines is 1. The predicted octanol–water partition coefficient (Wildman–Crippen LogP) is 4.65. The highest BCUT2D eigenvalue weighted by Crippen LogP contribution is 2.41. The summed E-state index contributed by atoms with van der Waals surface area (Å²) in [6.45, 7) is 1.86. The van der Waals surface area contributed by atoms with Gasteiger partial charge in [0.05, 0.1) is 16.6 Å². The maximum atomic E-state index is 14.5. The smallest absolute Gasteiger partial charge is 0.311 e. The van der Waals surface area contributed by atoms with Crippen LogP contribution in [0.4, 0.5) is 10.2 Å². The van der Waals surface area contributed by atoms with E-state index in [0.717, 1.165) is 24.4 Å². The van der Waals surface area contributed by atoms with Crippen LogP contribution in [0.25, 0.3) is 22.4 Å². The highest BCUT2D eigenvalue weighted by Gasteiger charge is 2.46. The van der Waals surface area contributed by atoms with Gasteiger partial charge in [0.1, 0.15) is 5.65 Å². The van der Waals surface area contributed by atoms with Gasteiger partial charge < -0.3 is 15.4 Å². The summed E-state index contributed by atoms with van der Waals surface area (Å²) in [7, 11) is 0. The summed E-state index contributed by atoms with van der Waals surface area (Å²) >= 11 is 6.05. The Morgan fingerprint density at radius 3 is 3.00 bits per heavy atom. The van der Waals surface area contributed by atoms with Crippen LogP contribution in [0, 0.1) is 11.2 Å². The predicted molar refractivity (Wildman–Crippen MR) is 108 cm³/mol. The number of pyridine rings is 1. The van der Waals surface area contributed by atoms with Crippen LogP contribution in [0.2, 0.25) is 5.02 Å². The number of carboxylic acid groups (broad SMARTS) is 1. The molecule has 0 unspecified atom stereocenters. The van der Waals surface area contributed by atoms with E-state index in [0.29, 0.717) is 41.3 Å². The van der Waals surface area contributed by atoms with Gasteiger partial charge in [-0.2, -0.15) is 0 Å². The van der Waals surface area contributed by atoms with Crippen molar-refractivity contribution in [2.75, 3.05) is 5.32 Å². The van der Waals surface area contributed by atoms with E-state index < -0.39 is 23.2 Å². The quantitative estimate of drug-likeness (QED) is 0.558. The fraction of sp³-hybridized carbons (Fsp3) is 0.400. The zero-order valence-corrected chi connectivity index (χ0v) is 16.6. The minimum Gasteiger partial charge on any atom is -0.481 e. The van der Waals surface area contributed by atoms with Gasteiger partial charge in [-0.3, -0.25) is 4.79 Å². The summed E-state index contributed by atoms with van der Waals surface area (Å²) in [6.07, 6.45) is 7.72. The van der Waals surface area contributed by atoms with E-state index >= 15 is 0 Å². The van der Waals surface area contributed by atoms with Gasteiger partial charge in [0.2, 0.25) is 0 Å². The molecule has 7 nitrogen and oxygen atoms in total. The summed E-state index contributed by atoms with van der Waals surface area (Å²) in [5.41, 5.74) is 0.324. The minimum absolute atomic E-state index is 0.00492. The maximum Gasteiger partial charge on any atom is 0.311 e. The summed E-state index contributed by atoms with van der Waals surface area (Å²) in [5.74, 6) is -1.17. The number of halogens is 2. The molecule has 0 bridgehead atoms. The molecule has 0 aliphatic heterocycles. The molecule has 0 saturated heterocycles. The second-order valence-electron chi connectivity index (χ2n) is 7.40. The van der Waals surface area contributed by atoms with Crippen LogP contribution in [0.5, 0.6) is 0 Å². The molecule has 0 aromatic carbocycles. The van der Waals surface area contributed by atoms with Gasteiger partial charge in [-0.25, -0.2) is 19.3 Å². The average Bonchev–Trinajstić information content (AvgIpc) is 3.13. The molecule has 29 heavy (non-hydrogen) atoms. The number of rotatable bonds is 5. The number of nitrogens with zero attached hydrogens (tertiary/aromatic N) is 3. The molecule has 3 N–H and O–H groups in total. The molecule has 0 amide bonds. The summed E-state index contributed by atoms with van der Waals surface area (Å²) < 4.78 is 14.5. The zero-order chi connectivity index (χ0) is 20.6. The number of hydrogen-bond acceptors (Lipinski definition) is 5. The lowest BCUT2D eigenvalue weighted by Gasteiger charge is -2.40. The third kappa shape index (κ3) is 3.42. The van der Waals surface area contributed by atoms with E-state index in [-0.39, 0.29) is 5.82 Å². The summed E-state index contributed by atoms with van der Waals surface area (Å²) in [4.78, 5) is 27.8. The molecule has 3 aromatic rings. The average molecular weight is 418 g/mol. The standard InChI is InChI=1S/C20H21ClFN5O2/c1-2-20(19(28)29)6-4-3-5-15(20)26-18-14(22)10-25-17(27-18)13-9-24-16-12(13)7-11(21)8-23-16/h7-10,15H,2-6H2,1H3,(H,23,24)(H,28,29)(H,25,26,27)/t15-,20-/m0/s1. The van der Waals surface area contributed by atoms with Gasteiger partial charge in [0.15, 0.2) is 17.5 Å². The molecule has 4 rings (SSSR count). The van der Waals surface area contributed by atoms with Crippen LogP contribution in [0.3, 0.4) is 0 Å². The molecule has 2 atom stereocenters. The molecule has 0 spiro atoms. The van der Waals surface area contributed by atoms with Gasteiger partial charge in [0.25, 0.3) is 0 Å². The molecule has 9 heteroatoms. The van der Waals surface area contributed by atoms with E-state index in [1.165, 1.54) is 6.20 Å². The third-order valence-corrected chi connectivity index (χ3v) is 6.09. The van der Waals surface area contributed by atoms with Gasteiger partial charge in [-0.05, 0) is 25.3 Å². The largest absolute Gasteiger partial charge is 0.481 e. The van der Waals surface area contributed by atoms with Gasteiger partial charge in [-0.15, -0.1) is 0 Å². The first-order valence-electron chi connectivity index (χ1n) is 9.60. The Hall–Kier alpha value is -2.74. The number of aromatic amines is 1. The lowest BCUT2D eigenvalue weighted by Crippen LogP contribution is -2.48. The normalized spacial score (nSPS) is 22.0. The van der Waals surface area contributed by atoms with Crippen molar-refractivity contribution in [3.8, 4) is 11.4 Å². The lowest BCUT2D eigenvalue weighted by molar-refractivity contribution is -0.152. The number of fused-ring (bicyclic) bond motifs is 1. The van der Waals surface area contributed by atoms with E-state index in [1.807, 2.05) is 6.92 Å². The Morgan fingerprint density at radius 2 is 2.24 bits per heavy atom. The van der Waals surface area contributed by atoms with Gasteiger partial charge in [-0.1, -0.05) is 31.4 Å². The zero-order valence-electron chi connectivity index (χ0n) is 15.9. The number of hydrogen-bond donors (Lipinski definition) is 3. The van der Waals surface area contributed by atoms with E-state index in [9.17, 15) is 14.3 Å². The maximum absolute atomic E-state index is 14.5. The van der Waals surface area contributed by atoms with Crippen LogP contribution >= 0.6 is 11.6 Å². The number of H-pyrrole nitrogens is 1. The van der Waals surface area contributed by atoms with Crippen molar-refractivity contribution in [2.24, 2.45) is 5.41 Å². The highest BCUT2D eigenvalue weighted by molar-refractivity contribution is 6.31. The number of aromatic nitrogens is 4. The lowest BCUT2D eigenvalue weighted by atomic mass is 9.68. The Kier molecular flexibility index (Phi) is 5.12. The molecular formula is C20H21ClFN5O2. The van der Waals surface area contributed by atoms with Gasteiger partial charge in [0, 0.05) is 29.4 Å². The van der Waals surface area contributed by atoms with Crippen molar-refractivity contribution in [3.63, 3.8) is 0 Å². The Bertz CT molecular complexity index is 1070. The summed E-state index contributed by atoms with van der Waals surface area (Å²) in [5, 5.41) is 14.1. The second kappa shape index (κ2) is 7.59. The van der Waals surface area contributed by atoms with Crippen molar-refractivity contribution in [2.45, 2.75) is 45.1 Å². The Morgan fingerprint density at radius 1 is 1.41 bits per heavy atom. The fourth-order valence-corrected chi connectivity index (χ4v) is 4.36. The fourth-order valence-electron chi connectivity index (χ4n) is 4.21. The van der Waals surface area contributed by atoms with Crippen molar-refractivity contribution in [3.05, 3.63) is 35.5 Å². The molecule has 0 radical (unpaired) electrons. The first-order chi connectivity index (χ1) is 13.9. The molecule has 3 heterocycles. The third-order valence-electron chi connectivity index (χ3n) is 5.88. The van der Waals surface area contributed by atoms with Crippen molar-refractivity contribution < 1.29 is 14.3 Å². The van der Waals surface area contributed by atoms with E-state index in [4.69, 9.17) is 11.6 Å². The Balaban J connectivity index is 1.72. The number of aliphatic carboxylic acids is 1. The van der Waals surface area contributed by atoms with Crippen LogP contribution in [0.1, 0.15) is 39.0 Å². The molecule has 1 aliphatic carbocycles. The minimum atomic E-state index is -0.936. The number of carboxylic acids is 1. The molecular weight excluding hydrogens is 397 g/mol. The highest BCUT2D eigenvalue weighted by atomic mass is 35.5. The monoisotopic (exact) mass is 417 g/mol. The topological polar surface area (TPSA) is 104 Å². The molecule has 1 saturated carbocycles. The number of carbonyl (C=O) groups is 1. The van der Waals surface area contributed by atoms with Crippen LogP contribution in [-0.2, 0) is 4.79 Å². The number of nitrogens with one attached hydrogen (secondary N) is 2. The van der Waals surface area contributed by atoms with Crippen molar-refractivity contribution >= 4 is 34.4 Å². The first-order valence-corrected chi connectivity index (χ1v) is 9.98. The van der Waals surface area contributed by atoms with Gasteiger partial charge >= 0.3 is 5.97 Å². The second-order valence-corrected chi connectivity index (χ2v) is 7.84.